The Hall–Kier alpha value is -1.27. The molecule has 0 saturated carbocycles. The van der Waals surface area contributed by atoms with Crippen molar-refractivity contribution >= 4 is 28.7 Å². The topological polar surface area (TPSA) is 57.5 Å². The predicted molar refractivity (Wildman–Crippen MR) is 72.6 cm³/mol. The van der Waals surface area contributed by atoms with Gasteiger partial charge in [-0.25, -0.2) is 4.39 Å². The molecule has 0 aliphatic heterocycles. The van der Waals surface area contributed by atoms with Gasteiger partial charge in [0.1, 0.15) is 12.4 Å². The molecule has 0 aliphatic carbocycles. The summed E-state index contributed by atoms with van der Waals surface area (Å²) >= 11 is -1.74. The van der Waals surface area contributed by atoms with E-state index in [2.05, 4.69) is 15.0 Å². The standard InChI is InChI=1S/C11H10F6N2O2S2/c1-2-21-18-5-7-8(11(15,16)17)19-10(22-7)23(20)4-3-6(12)9(13)14/h5H,2-4H2,1H3. The number of alkyl halides is 3. The molecule has 1 heterocycles. The first-order valence-electron chi connectivity index (χ1n) is 5.98. The van der Waals surface area contributed by atoms with Crippen LogP contribution in [0.25, 0.3) is 0 Å². The molecule has 0 saturated heterocycles. The number of oxime groups is 1. The first-order chi connectivity index (χ1) is 10.7. The monoisotopic (exact) mass is 380 g/mol. The van der Waals surface area contributed by atoms with Gasteiger partial charge in [-0.05, 0) is 6.92 Å². The van der Waals surface area contributed by atoms with Crippen LogP contribution in [0.15, 0.2) is 21.4 Å². The molecule has 0 fully saturated rings. The maximum absolute atomic E-state index is 12.8. The Morgan fingerprint density at radius 2 is 2.04 bits per heavy atom. The summed E-state index contributed by atoms with van der Waals surface area (Å²) < 4.78 is 86.2. The molecule has 0 N–H and O–H groups in total. The van der Waals surface area contributed by atoms with Gasteiger partial charge in [0.25, 0.3) is 0 Å². The van der Waals surface area contributed by atoms with Crippen LogP contribution in [0, 0.1) is 0 Å². The third kappa shape index (κ3) is 6.03. The second-order valence-electron chi connectivity index (χ2n) is 3.81. The van der Waals surface area contributed by atoms with E-state index >= 15 is 0 Å². The van der Waals surface area contributed by atoms with E-state index in [4.69, 9.17) is 0 Å². The van der Waals surface area contributed by atoms with Crippen LogP contribution in [0.3, 0.4) is 0 Å². The Kier molecular flexibility index (Phi) is 7.35. The van der Waals surface area contributed by atoms with Gasteiger partial charge in [-0.15, -0.1) is 0 Å². The average Bonchev–Trinajstić information content (AvgIpc) is 2.89. The van der Waals surface area contributed by atoms with Gasteiger partial charge in [-0.3, -0.25) is 0 Å². The SMILES string of the molecule is CCON=Cc1sc([S+]([O-])CCC(F)=C(F)F)nc1C(F)(F)F. The van der Waals surface area contributed by atoms with Crippen molar-refractivity contribution in [1.29, 1.82) is 0 Å². The molecular formula is C11H10F6N2O2S2. The number of thiazole rings is 1. The molecule has 0 aromatic carbocycles. The molecular weight excluding hydrogens is 370 g/mol. The van der Waals surface area contributed by atoms with Crippen LogP contribution in [-0.4, -0.2) is 28.1 Å². The van der Waals surface area contributed by atoms with E-state index in [0.29, 0.717) is 11.3 Å². The fourth-order valence-corrected chi connectivity index (χ4v) is 3.53. The second-order valence-corrected chi connectivity index (χ2v) is 6.58. The molecule has 130 valence electrons. The van der Waals surface area contributed by atoms with Crippen LogP contribution in [-0.2, 0) is 22.2 Å². The molecule has 0 amide bonds. The van der Waals surface area contributed by atoms with Crippen molar-refractivity contribution in [3.05, 3.63) is 22.5 Å². The third-order valence-corrected chi connectivity index (χ3v) is 4.83. The molecule has 23 heavy (non-hydrogen) atoms. The lowest BCUT2D eigenvalue weighted by Gasteiger charge is -2.05. The minimum absolute atomic E-state index is 0.135. The number of hydrogen-bond acceptors (Lipinski definition) is 5. The van der Waals surface area contributed by atoms with Gasteiger partial charge in [-0.2, -0.15) is 26.9 Å². The van der Waals surface area contributed by atoms with Crippen LogP contribution in [0.1, 0.15) is 23.9 Å². The Morgan fingerprint density at radius 3 is 2.57 bits per heavy atom. The van der Waals surface area contributed by atoms with Crippen molar-refractivity contribution in [2.45, 2.75) is 23.9 Å². The summed E-state index contributed by atoms with van der Waals surface area (Å²) in [4.78, 5) is 7.31. The lowest BCUT2D eigenvalue weighted by atomic mass is 10.4. The fraction of sp³-hybridized carbons (Fsp3) is 0.455. The molecule has 1 aromatic rings. The molecule has 12 heteroatoms. The van der Waals surface area contributed by atoms with Crippen molar-refractivity contribution in [2.24, 2.45) is 5.16 Å². The summed E-state index contributed by atoms with van der Waals surface area (Å²) in [7, 11) is 0. The minimum atomic E-state index is -4.82. The molecule has 0 radical (unpaired) electrons. The lowest BCUT2D eigenvalue weighted by molar-refractivity contribution is -0.141. The van der Waals surface area contributed by atoms with Crippen LogP contribution < -0.4 is 0 Å². The van der Waals surface area contributed by atoms with Crippen molar-refractivity contribution in [1.82, 2.24) is 4.98 Å². The fourth-order valence-electron chi connectivity index (χ4n) is 1.22. The van der Waals surface area contributed by atoms with Gasteiger partial charge in [0.05, 0.1) is 17.5 Å². The van der Waals surface area contributed by atoms with Gasteiger partial charge in [0.15, 0.2) is 11.5 Å². The van der Waals surface area contributed by atoms with Gasteiger partial charge < -0.3 is 9.39 Å². The van der Waals surface area contributed by atoms with E-state index in [0.717, 1.165) is 6.21 Å². The third-order valence-electron chi connectivity index (χ3n) is 2.18. The first-order valence-corrected chi connectivity index (χ1v) is 8.11. The average molecular weight is 380 g/mol. The molecule has 1 rings (SSSR count). The van der Waals surface area contributed by atoms with Gasteiger partial charge in [-0.1, -0.05) is 16.5 Å². The minimum Gasteiger partial charge on any atom is -0.610 e. The summed E-state index contributed by atoms with van der Waals surface area (Å²) in [5, 5.41) is 3.28. The molecule has 1 aromatic heterocycles. The van der Waals surface area contributed by atoms with Crippen molar-refractivity contribution in [3.63, 3.8) is 0 Å². The normalized spacial score (nSPS) is 13.4. The molecule has 0 aliphatic rings. The molecule has 1 atom stereocenters. The highest BCUT2D eigenvalue weighted by Crippen LogP contribution is 2.35. The quantitative estimate of drug-likeness (QED) is 0.310. The summed E-state index contributed by atoms with van der Waals surface area (Å²) in [5.74, 6) is -2.38. The lowest BCUT2D eigenvalue weighted by Crippen LogP contribution is -2.11. The number of nitrogens with zero attached hydrogens (tertiary/aromatic N) is 2. The summed E-state index contributed by atoms with van der Waals surface area (Å²) in [6.07, 6.45) is -7.46. The highest BCUT2D eigenvalue weighted by atomic mass is 32.2. The van der Waals surface area contributed by atoms with Crippen LogP contribution in [0.4, 0.5) is 26.3 Å². The number of aromatic nitrogens is 1. The number of allylic oxidation sites excluding steroid dienone is 1. The van der Waals surface area contributed by atoms with E-state index in [-0.39, 0.29) is 6.61 Å². The van der Waals surface area contributed by atoms with Crippen molar-refractivity contribution in [3.8, 4) is 0 Å². The van der Waals surface area contributed by atoms with E-state index in [1.165, 1.54) is 0 Å². The smallest absolute Gasteiger partial charge is 0.435 e. The summed E-state index contributed by atoms with van der Waals surface area (Å²) in [5.41, 5.74) is -1.32. The Labute approximate surface area is 134 Å². The Balaban J connectivity index is 2.97. The van der Waals surface area contributed by atoms with Crippen LogP contribution >= 0.6 is 11.3 Å². The Bertz CT molecular complexity index is 584. The van der Waals surface area contributed by atoms with Crippen molar-refractivity contribution < 1.29 is 35.7 Å². The first kappa shape index (κ1) is 19.8. The van der Waals surface area contributed by atoms with Crippen LogP contribution in [0.5, 0.6) is 0 Å². The van der Waals surface area contributed by atoms with Gasteiger partial charge in [0.2, 0.25) is 0 Å². The zero-order valence-electron chi connectivity index (χ0n) is 11.5. The van der Waals surface area contributed by atoms with E-state index in [1.807, 2.05) is 0 Å². The predicted octanol–water partition coefficient (Wildman–Crippen LogP) is 4.11. The second kappa shape index (κ2) is 8.55. The highest BCUT2D eigenvalue weighted by Gasteiger charge is 2.39. The number of rotatable bonds is 7. The van der Waals surface area contributed by atoms with Crippen molar-refractivity contribution in [2.75, 3.05) is 12.4 Å². The maximum atomic E-state index is 12.8. The molecule has 0 spiro atoms. The zero-order chi connectivity index (χ0) is 17.6. The van der Waals surface area contributed by atoms with Gasteiger partial charge >= 0.3 is 16.6 Å². The molecule has 1 unspecified atom stereocenters. The Morgan fingerprint density at radius 1 is 1.39 bits per heavy atom. The van der Waals surface area contributed by atoms with Gasteiger partial charge in [0, 0.05) is 11.2 Å². The number of hydrogen-bond donors (Lipinski definition) is 0. The maximum Gasteiger partial charge on any atom is 0.435 e. The van der Waals surface area contributed by atoms with Crippen LogP contribution in [0.2, 0.25) is 0 Å². The molecule has 4 nitrogen and oxygen atoms in total. The number of halogens is 6. The van der Waals surface area contributed by atoms with E-state index in [1.54, 1.807) is 6.92 Å². The zero-order valence-corrected chi connectivity index (χ0v) is 13.1. The van der Waals surface area contributed by atoms with E-state index in [9.17, 15) is 30.9 Å². The highest BCUT2D eigenvalue weighted by molar-refractivity contribution is 7.93. The summed E-state index contributed by atoms with van der Waals surface area (Å²) in [6.45, 7) is 1.71. The summed E-state index contributed by atoms with van der Waals surface area (Å²) in [6, 6.07) is 0. The largest absolute Gasteiger partial charge is 0.610 e. The van der Waals surface area contributed by atoms with E-state index < -0.39 is 56.3 Å². The molecule has 0 bridgehead atoms.